The molecule has 0 bridgehead atoms. The molecule has 1 saturated heterocycles. The van der Waals surface area contributed by atoms with Crippen molar-refractivity contribution in [3.63, 3.8) is 0 Å². The standard InChI is InChI=1S/C18H24N4O3/c1-22-9-8-19-17(22)16(14-5-3-4-6-15(14)24-2)21-18(23)20-11-13-7-10-25-12-13/h3-6,8-9,13,16H,7,10-12H2,1-2H3,(H2,20,21,23). The molecule has 2 aromatic rings. The van der Waals surface area contributed by atoms with E-state index in [1.807, 2.05) is 42.1 Å². The van der Waals surface area contributed by atoms with E-state index in [-0.39, 0.29) is 6.03 Å². The number of methoxy groups -OCH3 is 1. The lowest BCUT2D eigenvalue weighted by Gasteiger charge is -2.22. The number of hydrogen-bond donors (Lipinski definition) is 2. The second-order valence-electron chi connectivity index (χ2n) is 6.16. The molecule has 0 spiro atoms. The average molecular weight is 344 g/mol. The highest BCUT2D eigenvalue weighted by Crippen LogP contribution is 2.28. The summed E-state index contributed by atoms with van der Waals surface area (Å²) in [4.78, 5) is 16.9. The van der Waals surface area contributed by atoms with E-state index in [1.165, 1.54) is 0 Å². The van der Waals surface area contributed by atoms with Gasteiger partial charge in [0, 0.05) is 44.1 Å². The van der Waals surface area contributed by atoms with Crippen LogP contribution in [0.25, 0.3) is 0 Å². The predicted octanol–water partition coefficient (Wildman–Crippen LogP) is 1.85. The number of carbonyl (C=O) groups is 1. The molecule has 7 nitrogen and oxygen atoms in total. The van der Waals surface area contributed by atoms with Crippen LogP contribution < -0.4 is 15.4 Å². The van der Waals surface area contributed by atoms with Gasteiger partial charge in [-0.1, -0.05) is 18.2 Å². The summed E-state index contributed by atoms with van der Waals surface area (Å²) in [5, 5.41) is 5.96. The first-order valence-corrected chi connectivity index (χ1v) is 8.41. The van der Waals surface area contributed by atoms with Gasteiger partial charge in [0.15, 0.2) is 0 Å². The molecule has 2 amide bonds. The number of imidazole rings is 1. The van der Waals surface area contributed by atoms with E-state index in [1.54, 1.807) is 13.3 Å². The fourth-order valence-corrected chi connectivity index (χ4v) is 3.01. The van der Waals surface area contributed by atoms with Crippen molar-refractivity contribution in [2.45, 2.75) is 12.5 Å². The van der Waals surface area contributed by atoms with E-state index in [4.69, 9.17) is 9.47 Å². The minimum atomic E-state index is -0.407. The first kappa shape index (κ1) is 17.3. The Morgan fingerprint density at radius 3 is 3.00 bits per heavy atom. The van der Waals surface area contributed by atoms with Gasteiger partial charge in [-0.2, -0.15) is 0 Å². The van der Waals surface area contributed by atoms with Crippen molar-refractivity contribution < 1.29 is 14.3 Å². The van der Waals surface area contributed by atoms with Crippen LogP contribution in [0.2, 0.25) is 0 Å². The molecule has 1 aromatic heterocycles. The molecule has 2 atom stereocenters. The number of nitrogens with one attached hydrogen (secondary N) is 2. The van der Waals surface area contributed by atoms with Crippen LogP contribution in [0.15, 0.2) is 36.7 Å². The highest BCUT2D eigenvalue weighted by atomic mass is 16.5. The highest BCUT2D eigenvalue weighted by molar-refractivity contribution is 5.75. The Bertz CT molecular complexity index is 710. The maximum atomic E-state index is 12.4. The second-order valence-corrected chi connectivity index (χ2v) is 6.16. The Kier molecular flexibility index (Phi) is 5.55. The van der Waals surface area contributed by atoms with Gasteiger partial charge in [-0.25, -0.2) is 9.78 Å². The molecule has 0 saturated carbocycles. The third kappa shape index (κ3) is 4.11. The molecule has 25 heavy (non-hydrogen) atoms. The summed E-state index contributed by atoms with van der Waals surface area (Å²) < 4.78 is 12.7. The molecule has 1 aromatic carbocycles. The third-order valence-corrected chi connectivity index (χ3v) is 4.42. The molecule has 1 aliphatic heterocycles. The van der Waals surface area contributed by atoms with Gasteiger partial charge in [-0.15, -0.1) is 0 Å². The number of nitrogens with zero attached hydrogens (tertiary/aromatic N) is 2. The number of hydrogen-bond acceptors (Lipinski definition) is 4. The number of benzene rings is 1. The van der Waals surface area contributed by atoms with Crippen LogP contribution in [-0.4, -0.2) is 42.5 Å². The number of aromatic nitrogens is 2. The van der Waals surface area contributed by atoms with Crippen LogP contribution in [-0.2, 0) is 11.8 Å². The van der Waals surface area contributed by atoms with E-state index in [9.17, 15) is 4.79 Å². The summed E-state index contributed by atoms with van der Waals surface area (Å²) >= 11 is 0. The van der Waals surface area contributed by atoms with Crippen LogP contribution in [0.3, 0.4) is 0 Å². The molecular weight excluding hydrogens is 320 g/mol. The third-order valence-electron chi connectivity index (χ3n) is 4.42. The van der Waals surface area contributed by atoms with Crippen LogP contribution in [0.5, 0.6) is 5.75 Å². The number of para-hydroxylation sites is 1. The fraction of sp³-hybridized carbons (Fsp3) is 0.444. The number of amides is 2. The Hall–Kier alpha value is -2.54. The number of aryl methyl sites for hydroxylation is 1. The maximum absolute atomic E-state index is 12.4. The van der Waals surface area contributed by atoms with E-state index < -0.39 is 6.04 Å². The second kappa shape index (κ2) is 8.02. The SMILES string of the molecule is COc1ccccc1C(NC(=O)NCC1CCOC1)c1nccn1C. The molecule has 3 rings (SSSR count). The monoisotopic (exact) mass is 344 g/mol. The van der Waals surface area contributed by atoms with Crippen molar-refractivity contribution in [3.05, 3.63) is 48.0 Å². The zero-order valence-corrected chi connectivity index (χ0v) is 14.6. The minimum absolute atomic E-state index is 0.231. The molecule has 0 radical (unpaired) electrons. The predicted molar refractivity (Wildman–Crippen MR) is 93.5 cm³/mol. The number of rotatable bonds is 6. The summed E-state index contributed by atoms with van der Waals surface area (Å²) in [6, 6.07) is 6.99. The summed E-state index contributed by atoms with van der Waals surface area (Å²) in [5.74, 6) is 1.83. The number of urea groups is 1. The average Bonchev–Trinajstić information content (AvgIpc) is 3.29. The van der Waals surface area contributed by atoms with Gasteiger partial charge in [-0.05, 0) is 12.5 Å². The van der Waals surface area contributed by atoms with Crippen molar-refractivity contribution in [1.82, 2.24) is 20.2 Å². The van der Waals surface area contributed by atoms with Gasteiger partial charge < -0.3 is 24.7 Å². The Morgan fingerprint density at radius 2 is 2.32 bits per heavy atom. The Balaban J connectivity index is 1.77. The maximum Gasteiger partial charge on any atom is 0.315 e. The van der Waals surface area contributed by atoms with Crippen LogP contribution in [0.1, 0.15) is 23.9 Å². The van der Waals surface area contributed by atoms with Crippen molar-refractivity contribution in [3.8, 4) is 5.75 Å². The van der Waals surface area contributed by atoms with Gasteiger partial charge in [0.05, 0.1) is 13.7 Å². The normalized spacial score (nSPS) is 17.9. The van der Waals surface area contributed by atoms with E-state index in [2.05, 4.69) is 15.6 Å². The molecule has 2 unspecified atom stereocenters. The lowest BCUT2D eigenvalue weighted by molar-refractivity contribution is 0.185. The Morgan fingerprint density at radius 1 is 1.48 bits per heavy atom. The topological polar surface area (TPSA) is 77.4 Å². The molecule has 1 fully saturated rings. The largest absolute Gasteiger partial charge is 0.496 e. The van der Waals surface area contributed by atoms with Gasteiger partial charge in [0.2, 0.25) is 0 Å². The van der Waals surface area contributed by atoms with Gasteiger partial charge in [0.1, 0.15) is 17.6 Å². The van der Waals surface area contributed by atoms with Crippen molar-refractivity contribution in [2.75, 3.05) is 26.9 Å². The lowest BCUT2D eigenvalue weighted by atomic mass is 10.0. The number of ether oxygens (including phenoxy) is 2. The van der Waals surface area contributed by atoms with E-state index in [0.717, 1.165) is 24.4 Å². The number of carbonyl (C=O) groups excluding carboxylic acids is 1. The van der Waals surface area contributed by atoms with Crippen LogP contribution in [0.4, 0.5) is 4.79 Å². The molecular formula is C18H24N4O3. The highest BCUT2D eigenvalue weighted by Gasteiger charge is 2.24. The first-order chi connectivity index (χ1) is 12.2. The minimum Gasteiger partial charge on any atom is -0.496 e. The lowest BCUT2D eigenvalue weighted by Crippen LogP contribution is -2.41. The van der Waals surface area contributed by atoms with Crippen molar-refractivity contribution in [1.29, 1.82) is 0 Å². The quantitative estimate of drug-likeness (QED) is 0.838. The van der Waals surface area contributed by atoms with Gasteiger partial charge in [-0.3, -0.25) is 0 Å². The van der Waals surface area contributed by atoms with Crippen molar-refractivity contribution >= 4 is 6.03 Å². The molecule has 7 heteroatoms. The van der Waals surface area contributed by atoms with E-state index in [0.29, 0.717) is 24.8 Å². The van der Waals surface area contributed by atoms with Gasteiger partial charge >= 0.3 is 6.03 Å². The summed E-state index contributed by atoms with van der Waals surface area (Å²) in [5.41, 5.74) is 0.860. The molecule has 2 N–H and O–H groups in total. The molecule has 2 heterocycles. The summed E-state index contributed by atoms with van der Waals surface area (Å²) in [6.45, 7) is 2.08. The fourth-order valence-electron chi connectivity index (χ4n) is 3.01. The summed E-state index contributed by atoms with van der Waals surface area (Å²) in [7, 11) is 3.52. The zero-order valence-electron chi connectivity index (χ0n) is 14.6. The van der Waals surface area contributed by atoms with Crippen molar-refractivity contribution in [2.24, 2.45) is 13.0 Å². The van der Waals surface area contributed by atoms with E-state index >= 15 is 0 Å². The molecule has 0 aliphatic carbocycles. The molecule has 1 aliphatic rings. The van der Waals surface area contributed by atoms with Crippen LogP contribution in [0, 0.1) is 5.92 Å². The van der Waals surface area contributed by atoms with Crippen LogP contribution >= 0.6 is 0 Å². The molecule has 134 valence electrons. The van der Waals surface area contributed by atoms with Gasteiger partial charge in [0.25, 0.3) is 0 Å². The first-order valence-electron chi connectivity index (χ1n) is 8.41. The zero-order chi connectivity index (χ0) is 17.6. The summed E-state index contributed by atoms with van der Waals surface area (Å²) in [6.07, 6.45) is 4.55. The Labute approximate surface area is 147 Å². The smallest absolute Gasteiger partial charge is 0.315 e.